The van der Waals surface area contributed by atoms with Crippen molar-refractivity contribution < 1.29 is 13.2 Å². The van der Waals surface area contributed by atoms with Crippen molar-refractivity contribution in [1.82, 2.24) is 15.4 Å². The summed E-state index contributed by atoms with van der Waals surface area (Å²) in [6.45, 7) is 8.34. The van der Waals surface area contributed by atoms with E-state index in [-0.39, 0.29) is 16.8 Å². The number of rotatable bonds is 4. The largest absolute Gasteiger partial charge is 0.349 e. The fraction of sp³-hybridized carbons (Fsp3) is 0.588. The van der Waals surface area contributed by atoms with Gasteiger partial charge in [-0.2, -0.15) is 0 Å². The van der Waals surface area contributed by atoms with Gasteiger partial charge in [0.1, 0.15) is 0 Å². The molecular weight excluding hydrogens is 326 g/mol. The van der Waals surface area contributed by atoms with Gasteiger partial charge in [0.05, 0.1) is 4.90 Å². The number of benzene rings is 1. The number of sulfonamides is 1. The second kappa shape index (κ2) is 7.21. The van der Waals surface area contributed by atoms with Crippen molar-refractivity contribution in [3.8, 4) is 0 Å². The maximum absolute atomic E-state index is 12.3. The van der Waals surface area contributed by atoms with Crippen molar-refractivity contribution in [2.45, 2.75) is 63.1 Å². The van der Waals surface area contributed by atoms with Crippen LogP contribution in [0.25, 0.3) is 0 Å². The van der Waals surface area contributed by atoms with Crippen LogP contribution in [0.15, 0.2) is 29.2 Å². The fourth-order valence-electron chi connectivity index (χ4n) is 2.78. The summed E-state index contributed by atoms with van der Waals surface area (Å²) >= 11 is 0. The van der Waals surface area contributed by atoms with E-state index >= 15 is 0 Å². The lowest BCUT2D eigenvalue weighted by molar-refractivity contribution is 0.0925. The molecule has 0 bridgehead atoms. The summed E-state index contributed by atoms with van der Waals surface area (Å²) < 4.78 is 27.1. The van der Waals surface area contributed by atoms with E-state index in [1.165, 1.54) is 12.1 Å². The van der Waals surface area contributed by atoms with Crippen molar-refractivity contribution >= 4 is 15.9 Å². The van der Waals surface area contributed by atoms with Crippen molar-refractivity contribution in [2.75, 3.05) is 6.54 Å². The predicted molar refractivity (Wildman–Crippen MR) is 94.5 cm³/mol. The first-order valence-corrected chi connectivity index (χ1v) is 9.73. The van der Waals surface area contributed by atoms with Crippen LogP contribution in [0, 0.1) is 0 Å². The van der Waals surface area contributed by atoms with Crippen molar-refractivity contribution in [2.24, 2.45) is 0 Å². The Labute approximate surface area is 144 Å². The first-order chi connectivity index (χ1) is 11.1. The summed E-state index contributed by atoms with van der Waals surface area (Å²) in [5.74, 6) is -0.165. The molecular formula is C17H27N3O3S. The lowest BCUT2D eigenvalue weighted by Crippen LogP contribution is -2.46. The molecule has 24 heavy (non-hydrogen) atoms. The minimum Gasteiger partial charge on any atom is -0.349 e. The minimum absolute atomic E-state index is 0.153. The first kappa shape index (κ1) is 18.9. The SMILES string of the molecule is CC1CC(NC(=O)c2ccc(S(=O)(=O)NC(C)(C)C)cc2)CCN1. The predicted octanol–water partition coefficient (Wildman–Crippen LogP) is 1.63. The molecule has 1 heterocycles. The van der Waals surface area contributed by atoms with Gasteiger partial charge in [-0.15, -0.1) is 0 Å². The van der Waals surface area contributed by atoms with Crippen LogP contribution in [0.4, 0.5) is 0 Å². The van der Waals surface area contributed by atoms with E-state index < -0.39 is 15.6 Å². The summed E-state index contributed by atoms with van der Waals surface area (Å²) in [6, 6.07) is 6.58. The molecule has 2 unspecified atom stereocenters. The standard InChI is InChI=1S/C17H27N3O3S/c1-12-11-14(9-10-18-12)19-16(21)13-5-7-15(8-6-13)24(22,23)20-17(2,3)4/h5-8,12,14,18,20H,9-11H2,1-4H3,(H,19,21). The molecule has 1 fully saturated rings. The quantitative estimate of drug-likeness (QED) is 0.768. The molecule has 0 spiro atoms. The van der Waals surface area contributed by atoms with Crippen LogP contribution in [0.2, 0.25) is 0 Å². The molecule has 0 radical (unpaired) electrons. The smallest absolute Gasteiger partial charge is 0.251 e. The summed E-state index contributed by atoms with van der Waals surface area (Å²) in [4.78, 5) is 12.5. The van der Waals surface area contributed by atoms with Crippen molar-refractivity contribution in [3.63, 3.8) is 0 Å². The molecule has 1 amide bonds. The highest BCUT2D eigenvalue weighted by Crippen LogP contribution is 2.15. The maximum atomic E-state index is 12.3. The molecule has 1 aliphatic rings. The highest BCUT2D eigenvalue weighted by Gasteiger charge is 2.23. The Morgan fingerprint density at radius 1 is 1.21 bits per heavy atom. The van der Waals surface area contributed by atoms with Gasteiger partial charge in [-0.1, -0.05) is 0 Å². The average Bonchev–Trinajstić information content (AvgIpc) is 2.45. The lowest BCUT2D eigenvalue weighted by atomic mass is 10.0. The Morgan fingerprint density at radius 3 is 2.38 bits per heavy atom. The van der Waals surface area contributed by atoms with Gasteiger partial charge in [0.2, 0.25) is 10.0 Å². The molecule has 1 saturated heterocycles. The Hall–Kier alpha value is -1.44. The summed E-state index contributed by atoms with van der Waals surface area (Å²) in [7, 11) is -3.58. The van der Waals surface area contributed by atoms with E-state index in [1.807, 2.05) is 0 Å². The molecule has 0 aromatic heterocycles. The molecule has 7 heteroatoms. The monoisotopic (exact) mass is 353 g/mol. The molecule has 2 rings (SSSR count). The van der Waals surface area contributed by atoms with E-state index in [2.05, 4.69) is 22.3 Å². The van der Waals surface area contributed by atoms with Gasteiger partial charge in [-0.05, 0) is 71.3 Å². The van der Waals surface area contributed by atoms with Crippen LogP contribution in [-0.4, -0.2) is 38.5 Å². The lowest BCUT2D eigenvalue weighted by Gasteiger charge is -2.28. The molecule has 0 saturated carbocycles. The van der Waals surface area contributed by atoms with Crippen LogP contribution in [-0.2, 0) is 10.0 Å². The van der Waals surface area contributed by atoms with Gasteiger partial charge >= 0.3 is 0 Å². The number of amides is 1. The second-order valence-electron chi connectivity index (χ2n) is 7.43. The summed E-state index contributed by atoms with van der Waals surface area (Å²) in [5.41, 5.74) is -0.0865. The summed E-state index contributed by atoms with van der Waals surface area (Å²) in [6.07, 6.45) is 1.80. The number of nitrogens with one attached hydrogen (secondary N) is 3. The zero-order valence-electron chi connectivity index (χ0n) is 14.7. The van der Waals surface area contributed by atoms with Crippen LogP contribution in [0.5, 0.6) is 0 Å². The van der Waals surface area contributed by atoms with Crippen LogP contribution in [0.3, 0.4) is 0 Å². The summed E-state index contributed by atoms with van der Waals surface area (Å²) in [5, 5.41) is 6.36. The number of hydrogen-bond acceptors (Lipinski definition) is 4. The van der Waals surface area contributed by atoms with Crippen LogP contribution >= 0.6 is 0 Å². The van der Waals surface area contributed by atoms with Gasteiger partial charge < -0.3 is 10.6 Å². The average molecular weight is 353 g/mol. The van der Waals surface area contributed by atoms with E-state index in [1.54, 1.807) is 32.9 Å². The Kier molecular flexibility index (Phi) is 5.67. The molecule has 6 nitrogen and oxygen atoms in total. The number of carbonyl (C=O) groups excluding carboxylic acids is 1. The molecule has 1 aromatic rings. The van der Waals surface area contributed by atoms with Gasteiger partial charge in [0.15, 0.2) is 0 Å². The highest BCUT2D eigenvalue weighted by molar-refractivity contribution is 7.89. The first-order valence-electron chi connectivity index (χ1n) is 8.25. The van der Waals surface area contributed by atoms with Crippen LogP contribution < -0.4 is 15.4 Å². The Balaban J connectivity index is 2.04. The van der Waals surface area contributed by atoms with Gasteiger partial charge in [0, 0.05) is 23.2 Å². The second-order valence-corrected chi connectivity index (χ2v) is 9.11. The van der Waals surface area contributed by atoms with E-state index in [4.69, 9.17) is 0 Å². The van der Waals surface area contributed by atoms with E-state index in [0.717, 1.165) is 19.4 Å². The number of piperidine rings is 1. The topological polar surface area (TPSA) is 87.3 Å². The zero-order chi connectivity index (χ0) is 18.0. The van der Waals surface area contributed by atoms with Crippen molar-refractivity contribution in [1.29, 1.82) is 0 Å². The third kappa shape index (κ3) is 5.29. The van der Waals surface area contributed by atoms with Crippen LogP contribution in [0.1, 0.15) is 50.9 Å². The molecule has 3 N–H and O–H groups in total. The zero-order valence-corrected chi connectivity index (χ0v) is 15.5. The highest BCUT2D eigenvalue weighted by atomic mass is 32.2. The molecule has 0 aliphatic carbocycles. The number of carbonyl (C=O) groups is 1. The fourth-order valence-corrected chi connectivity index (χ4v) is 4.20. The third-order valence-electron chi connectivity index (χ3n) is 3.83. The molecule has 134 valence electrons. The Morgan fingerprint density at radius 2 is 1.83 bits per heavy atom. The Bertz CT molecular complexity index is 678. The normalized spacial score (nSPS) is 22.2. The molecule has 2 atom stereocenters. The minimum atomic E-state index is -3.58. The van der Waals surface area contributed by atoms with Gasteiger partial charge in [-0.25, -0.2) is 13.1 Å². The van der Waals surface area contributed by atoms with E-state index in [9.17, 15) is 13.2 Å². The third-order valence-corrected chi connectivity index (χ3v) is 5.60. The van der Waals surface area contributed by atoms with Crippen molar-refractivity contribution in [3.05, 3.63) is 29.8 Å². The van der Waals surface area contributed by atoms with E-state index in [0.29, 0.717) is 11.6 Å². The maximum Gasteiger partial charge on any atom is 0.251 e. The molecule has 1 aliphatic heterocycles. The van der Waals surface area contributed by atoms with Gasteiger partial charge in [0.25, 0.3) is 5.91 Å². The van der Waals surface area contributed by atoms with Gasteiger partial charge in [-0.3, -0.25) is 4.79 Å². The number of hydrogen-bond donors (Lipinski definition) is 3. The molecule has 1 aromatic carbocycles.